The Morgan fingerprint density at radius 3 is 2.48 bits per heavy atom. The first-order valence-corrected chi connectivity index (χ1v) is 11.7. The van der Waals surface area contributed by atoms with Gasteiger partial charge in [-0.25, -0.2) is 4.99 Å². The summed E-state index contributed by atoms with van der Waals surface area (Å²) in [5.41, 5.74) is 0. The van der Waals surface area contributed by atoms with E-state index in [9.17, 15) is 4.79 Å². The molecule has 11 nitrogen and oxygen atoms in total. The Bertz CT molecular complexity index is 784. The zero-order valence-electron chi connectivity index (χ0n) is 19.7. The molecule has 3 fully saturated rings. The van der Waals surface area contributed by atoms with Crippen molar-refractivity contribution in [3.05, 3.63) is 11.6 Å². The Kier molecular flexibility index (Phi) is 10.1. The maximum atomic E-state index is 12.6. The molecule has 1 aromatic heterocycles. The van der Waals surface area contributed by atoms with E-state index in [1.54, 1.807) is 0 Å². The summed E-state index contributed by atoms with van der Waals surface area (Å²) in [6.07, 6.45) is 2.44. The number of piperazine rings is 1. The van der Waals surface area contributed by atoms with Gasteiger partial charge in [-0.15, -0.1) is 34.2 Å². The third-order valence-corrected chi connectivity index (χ3v) is 6.46. The van der Waals surface area contributed by atoms with E-state index in [-0.39, 0.29) is 36.0 Å². The molecule has 1 unspecified atom stereocenters. The van der Waals surface area contributed by atoms with Crippen LogP contribution in [0.3, 0.4) is 0 Å². The van der Waals surface area contributed by atoms with Crippen LogP contribution in [0.2, 0.25) is 0 Å². The van der Waals surface area contributed by atoms with Crippen LogP contribution in [-0.4, -0.2) is 120 Å². The first-order chi connectivity index (χ1) is 15.6. The highest BCUT2D eigenvalue weighted by molar-refractivity contribution is 14.0. The summed E-state index contributed by atoms with van der Waals surface area (Å²) in [5.74, 6) is 2.79. The van der Waals surface area contributed by atoms with Gasteiger partial charge in [-0.05, 0) is 19.8 Å². The molecule has 4 heterocycles. The number of aromatic nitrogens is 3. The molecule has 1 aromatic rings. The Morgan fingerprint density at radius 2 is 1.85 bits per heavy atom. The fraction of sp³-hybridized carbons (Fsp3) is 0.810. The Morgan fingerprint density at radius 1 is 1.09 bits per heavy atom. The van der Waals surface area contributed by atoms with E-state index in [1.807, 2.05) is 23.4 Å². The maximum absolute atomic E-state index is 12.6. The van der Waals surface area contributed by atoms with Crippen molar-refractivity contribution in [3.63, 3.8) is 0 Å². The number of rotatable bonds is 6. The highest BCUT2D eigenvalue weighted by Crippen LogP contribution is 2.11. The van der Waals surface area contributed by atoms with E-state index < -0.39 is 0 Å². The predicted molar refractivity (Wildman–Crippen MR) is 135 cm³/mol. The molecule has 0 spiro atoms. The van der Waals surface area contributed by atoms with Crippen LogP contribution in [0.4, 0.5) is 0 Å². The number of nitrogens with zero attached hydrogens (tertiary/aromatic N) is 7. The number of hydrogen-bond acceptors (Lipinski definition) is 7. The maximum Gasteiger partial charge on any atom is 0.236 e. The Labute approximate surface area is 212 Å². The number of guanidine groups is 1. The van der Waals surface area contributed by atoms with Crippen molar-refractivity contribution in [1.29, 1.82) is 0 Å². The monoisotopic (exact) mass is 576 g/mol. The number of carbonyl (C=O) groups is 1. The number of amides is 1. The number of halogens is 1. The van der Waals surface area contributed by atoms with Gasteiger partial charge in [0.15, 0.2) is 11.8 Å². The van der Waals surface area contributed by atoms with E-state index >= 15 is 0 Å². The summed E-state index contributed by atoms with van der Waals surface area (Å²) in [5, 5.41) is 11.9. The van der Waals surface area contributed by atoms with Crippen LogP contribution in [-0.2, 0) is 27.9 Å². The van der Waals surface area contributed by atoms with Crippen molar-refractivity contribution < 1.29 is 14.3 Å². The zero-order valence-corrected chi connectivity index (χ0v) is 22.1. The van der Waals surface area contributed by atoms with Crippen molar-refractivity contribution in [2.75, 3.05) is 72.2 Å². The largest absolute Gasteiger partial charge is 0.378 e. The molecule has 1 amide bonds. The number of nitrogens with one attached hydrogen (secondary N) is 1. The van der Waals surface area contributed by atoms with Gasteiger partial charge in [0.1, 0.15) is 12.4 Å². The van der Waals surface area contributed by atoms with Gasteiger partial charge in [0.25, 0.3) is 0 Å². The van der Waals surface area contributed by atoms with E-state index in [1.165, 1.54) is 0 Å². The second kappa shape index (κ2) is 12.8. The lowest BCUT2D eigenvalue weighted by atomic mass is 10.2. The third kappa shape index (κ3) is 7.23. The van der Waals surface area contributed by atoms with Crippen molar-refractivity contribution in [2.45, 2.75) is 32.4 Å². The smallest absolute Gasteiger partial charge is 0.236 e. The third-order valence-electron chi connectivity index (χ3n) is 6.46. The summed E-state index contributed by atoms with van der Waals surface area (Å²) >= 11 is 0. The molecule has 0 bridgehead atoms. The molecule has 3 saturated heterocycles. The molecule has 3 aliphatic heterocycles. The van der Waals surface area contributed by atoms with E-state index in [2.05, 4.69) is 25.3 Å². The van der Waals surface area contributed by atoms with E-state index in [0.29, 0.717) is 39.4 Å². The summed E-state index contributed by atoms with van der Waals surface area (Å²) in [6.45, 7) is 10.5. The minimum absolute atomic E-state index is 0. The zero-order chi connectivity index (χ0) is 22.3. The first kappa shape index (κ1) is 26.1. The van der Waals surface area contributed by atoms with Gasteiger partial charge in [-0.2, -0.15) is 0 Å². The van der Waals surface area contributed by atoms with E-state index in [0.717, 1.165) is 69.8 Å². The standard InChI is InChI=1S/C21H36N8O3.HI/c1-17-24-25-19(26(17)2)15-23-21(22-14-18-4-3-11-32-18)29-7-5-27(6-8-29)16-20(30)28-9-12-31-13-10-28;/h18H,3-16H2,1-2H3,(H,22,23);1H. The minimum atomic E-state index is 0. The molecule has 186 valence electrons. The molecule has 12 heteroatoms. The van der Waals surface area contributed by atoms with Gasteiger partial charge in [-0.1, -0.05) is 0 Å². The lowest BCUT2D eigenvalue weighted by Crippen LogP contribution is -2.55. The molecule has 3 aliphatic rings. The molecule has 0 radical (unpaired) electrons. The molecule has 0 saturated carbocycles. The quantitative estimate of drug-likeness (QED) is 0.284. The summed E-state index contributed by atoms with van der Waals surface area (Å²) in [7, 11) is 1.96. The summed E-state index contributed by atoms with van der Waals surface area (Å²) in [4.78, 5) is 23.8. The number of aryl methyl sites for hydroxylation is 1. The van der Waals surface area contributed by atoms with Gasteiger partial charge in [0, 0.05) is 59.5 Å². The lowest BCUT2D eigenvalue weighted by molar-refractivity contribution is -0.136. The predicted octanol–water partition coefficient (Wildman–Crippen LogP) is -0.157. The second-order valence-electron chi connectivity index (χ2n) is 8.63. The van der Waals surface area contributed by atoms with Gasteiger partial charge in [0.2, 0.25) is 5.91 Å². The van der Waals surface area contributed by atoms with Crippen molar-refractivity contribution >= 4 is 35.8 Å². The molecule has 4 rings (SSSR count). The van der Waals surface area contributed by atoms with Crippen LogP contribution < -0.4 is 5.32 Å². The van der Waals surface area contributed by atoms with Crippen LogP contribution in [0, 0.1) is 6.92 Å². The number of carbonyl (C=O) groups excluding carboxylic acids is 1. The molecule has 33 heavy (non-hydrogen) atoms. The molecule has 1 N–H and O–H groups in total. The van der Waals surface area contributed by atoms with Gasteiger partial charge < -0.3 is 29.2 Å². The van der Waals surface area contributed by atoms with Crippen LogP contribution in [0.5, 0.6) is 0 Å². The molecule has 0 aliphatic carbocycles. The Hall–Kier alpha value is -1.51. The highest BCUT2D eigenvalue weighted by atomic mass is 127. The summed E-state index contributed by atoms with van der Waals surface area (Å²) in [6, 6.07) is 0. The SMILES string of the molecule is Cc1nnc(CN=C(NCC2CCCO2)N2CCN(CC(=O)N3CCOCC3)CC2)n1C.I. The molecular formula is C21H37IN8O3. The average molecular weight is 576 g/mol. The number of morpholine rings is 1. The number of aliphatic imine (C=N–C) groups is 1. The van der Waals surface area contributed by atoms with Crippen LogP contribution in [0.25, 0.3) is 0 Å². The van der Waals surface area contributed by atoms with Crippen molar-refractivity contribution in [2.24, 2.45) is 12.0 Å². The second-order valence-corrected chi connectivity index (χ2v) is 8.63. The lowest BCUT2D eigenvalue weighted by Gasteiger charge is -2.37. The average Bonchev–Trinajstić information content (AvgIpc) is 3.46. The summed E-state index contributed by atoms with van der Waals surface area (Å²) < 4.78 is 13.1. The highest BCUT2D eigenvalue weighted by Gasteiger charge is 2.25. The van der Waals surface area contributed by atoms with Gasteiger partial charge in [-0.3, -0.25) is 9.69 Å². The van der Waals surface area contributed by atoms with Crippen LogP contribution in [0.1, 0.15) is 24.5 Å². The molecule has 0 aromatic carbocycles. The molecule has 1 atom stereocenters. The number of hydrogen-bond donors (Lipinski definition) is 1. The minimum Gasteiger partial charge on any atom is -0.378 e. The number of ether oxygens (including phenoxy) is 2. The topological polar surface area (TPSA) is 100 Å². The van der Waals surface area contributed by atoms with Gasteiger partial charge >= 0.3 is 0 Å². The first-order valence-electron chi connectivity index (χ1n) is 11.7. The fourth-order valence-corrected chi connectivity index (χ4v) is 4.23. The van der Waals surface area contributed by atoms with Crippen LogP contribution >= 0.6 is 24.0 Å². The Balaban J connectivity index is 0.00000306. The van der Waals surface area contributed by atoms with Crippen LogP contribution in [0.15, 0.2) is 4.99 Å². The fourth-order valence-electron chi connectivity index (χ4n) is 4.23. The van der Waals surface area contributed by atoms with Gasteiger partial charge in [0.05, 0.1) is 25.9 Å². The normalized spacial score (nSPS) is 22.4. The van der Waals surface area contributed by atoms with Crippen molar-refractivity contribution in [1.82, 2.24) is 34.8 Å². The van der Waals surface area contributed by atoms with Crippen molar-refractivity contribution in [3.8, 4) is 0 Å². The van der Waals surface area contributed by atoms with E-state index in [4.69, 9.17) is 14.5 Å². The molecular weight excluding hydrogens is 539 g/mol.